The summed E-state index contributed by atoms with van der Waals surface area (Å²) in [6.07, 6.45) is 2.99. The minimum Gasteiger partial charge on any atom is -0.433 e. The lowest BCUT2D eigenvalue weighted by Crippen LogP contribution is -2.36. The molecule has 3 unspecified atom stereocenters. The maximum atomic E-state index is 11.0. The number of rotatable bonds is 6. The molecule has 0 aromatic carbocycles. The Morgan fingerprint density at radius 3 is 2.56 bits per heavy atom. The van der Waals surface area contributed by atoms with E-state index in [1.165, 1.54) is 6.92 Å². The van der Waals surface area contributed by atoms with Crippen LogP contribution in [0.4, 0.5) is 0 Å². The van der Waals surface area contributed by atoms with Crippen LogP contribution in [0.25, 0.3) is 0 Å². The molecule has 3 nitrogen and oxygen atoms in total. The van der Waals surface area contributed by atoms with Crippen molar-refractivity contribution in [3.05, 3.63) is 0 Å². The van der Waals surface area contributed by atoms with E-state index in [0.29, 0.717) is 0 Å². The molecule has 0 radical (unpaired) electrons. The molecular weight excluding hydrogens is 298 g/mol. The van der Waals surface area contributed by atoms with E-state index in [4.69, 9.17) is 44.3 Å². The molecule has 1 saturated heterocycles. The van der Waals surface area contributed by atoms with Crippen LogP contribution in [0.5, 0.6) is 0 Å². The van der Waals surface area contributed by atoms with E-state index in [1.54, 1.807) is 0 Å². The lowest BCUT2D eigenvalue weighted by Gasteiger charge is -2.24. The van der Waals surface area contributed by atoms with Gasteiger partial charge in [-0.25, -0.2) is 0 Å². The van der Waals surface area contributed by atoms with Gasteiger partial charge in [0.2, 0.25) is 6.29 Å². The third-order valence-electron chi connectivity index (χ3n) is 3.09. The predicted molar refractivity (Wildman–Crippen MR) is 73.2 cm³/mol. The molecule has 0 saturated carbocycles. The molecule has 0 aliphatic carbocycles. The normalized spacial score (nSPS) is 30.4. The van der Waals surface area contributed by atoms with E-state index in [-0.39, 0.29) is 17.9 Å². The van der Waals surface area contributed by atoms with Gasteiger partial charge in [-0.3, -0.25) is 4.79 Å². The van der Waals surface area contributed by atoms with Gasteiger partial charge in [0.1, 0.15) is 0 Å². The number of carbonyl (C=O) groups is 1. The summed E-state index contributed by atoms with van der Waals surface area (Å²) in [4.78, 5) is 11.0. The molecule has 1 fully saturated rings. The Bertz CT molecular complexity index is 284. The molecule has 1 aliphatic rings. The highest BCUT2D eigenvalue weighted by Gasteiger charge is 2.55. The van der Waals surface area contributed by atoms with Gasteiger partial charge in [-0.05, 0) is 6.42 Å². The maximum Gasteiger partial charge on any atom is 0.305 e. The van der Waals surface area contributed by atoms with Gasteiger partial charge in [0.25, 0.3) is 0 Å². The lowest BCUT2D eigenvalue weighted by atomic mass is 9.97. The summed E-state index contributed by atoms with van der Waals surface area (Å²) in [6.45, 7) is 3.43. The van der Waals surface area contributed by atoms with Gasteiger partial charge in [-0.15, -0.1) is 11.6 Å². The average Bonchev–Trinajstić information content (AvgIpc) is 2.50. The van der Waals surface area contributed by atoms with Crippen LogP contribution < -0.4 is 0 Å². The summed E-state index contributed by atoms with van der Waals surface area (Å²) in [6, 6.07) is 0. The average molecular weight is 318 g/mol. The number of carbonyl (C=O) groups excluding carboxylic acids is 1. The highest BCUT2D eigenvalue weighted by molar-refractivity contribution is 6.49. The zero-order valence-corrected chi connectivity index (χ0v) is 12.9. The summed E-state index contributed by atoms with van der Waals surface area (Å²) in [5, 5.41) is 0. The van der Waals surface area contributed by atoms with Gasteiger partial charge in [0.15, 0.2) is 4.33 Å². The Morgan fingerprint density at radius 2 is 2.06 bits per heavy atom. The van der Waals surface area contributed by atoms with Gasteiger partial charge < -0.3 is 9.47 Å². The first kappa shape index (κ1) is 16.4. The summed E-state index contributed by atoms with van der Waals surface area (Å²) in [7, 11) is 0. The predicted octanol–water partition coefficient (Wildman–Crippen LogP) is 3.88. The van der Waals surface area contributed by atoms with Crippen LogP contribution in [-0.4, -0.2) is 28.6 Å². The Hall–Kier alpha value is 0.300. The second-order valence-corrected chi connectivity index (χ2v) is 6.30. The van der Waals surface area contributed by atoms with Crippen molar-refractivity contribution in [2.24, 2.45) is 5.92 Å². The fourth-order valence-corrected chi connectivity index (χ4v) is 3.32. The topological polar surface area (TPSA) is 35.5 Å². The van der Waals surface area contributed by atoms with Crippen molar-refractivity contribution in [1.82, 2.24) is 0 Å². The number of hydrogen-bond donors (Lipinski definition) is 0. The van der Waals surface area contributed by atoms with Crippen LogP contribution in [0.2, 0.25) is 0 Å². The van der Waals surface area contributed by atoms with E-state index in [9.17, 15) is 4.79 Å². The first-order valence-electron chi connectivity index (χ1n) is 6.19. The number of unbranched alkanes of at least 4 members (excludes halogenated alkanes) is 2. The van der Waals surface area contributed by atoms with Crippen molar-refractivity contribution in [3.8, 4) is 0 Å². The Balaban J connectivity index is 2.66. The number of halogens is 3. The molecule has 1 aliphatic heterocycles. The minimum atomic E-state index is -1.27. The third kappa shape index (κ3) is 3.89. The standard InChI is InChI=1S/C12H19Cl3O3/c1-3-4-5-6-10-9(7-13)12(14,15)11(18-10)17-8(2)16/h9-11H,3-7H2,1-2H3. The third-order valence-corrected chi connectivity index (χ3v) is 4.34. The highest BCUT2D eigenvalue weighted by atomic mass is 35.5. The minimum absolute atomic E-state index is 0.159. The van der Waals surface area contributed by atoms with Gasteiger partial charge in [0, 0.05) is 18.7 Å². The smallest absolute Gasteiger partial charge is 0.305 e. The van der Waals surface area contributed by atoms with E-state index in [1.807, 2.05) is 0 Å². The van der Waals surface area contributed by atoms with Gasteiger partial charge in [-0.1, -0.05) is 49.4 Å². The zero-order chi connectivity index (χ0) is 13.8. The molecule has 0 amide bonds. The SMILES string of the molecule is CCCCCC1OC(OC(C)=O)C(Cl)(Cl)C1CCl. The summed E-state index contributed by atoms with van der Waals surface area (Å²) >= 11 is 18.4. The summed E-state index contributed by atoms with van der Waals surface area (Å²) in [5.74, 6) is -0.418. The van der Waals surface area contributed by atoms with Crippen LogP contribution in [0, 0.1) is 5.92 Å². The first-order valence-corrected chi connectivity index (χ1v) is 7.49. The van der Waals surface area contributed by atoms with Crippen molar-refractivity contribution in [2.75, 3.05) is 5.88 Å². The maximum absolute atomic E-state index is 11.0. The summed E-state index contributed by atoms with van der Waals surface area (Å²) in [5.41, 5.74) is 0. The fourth-order valence-electron chi connectivity index (χ4n) is 2.09. The van der Waals surface area contributed by atoms with Crippen molar-refractivity contribution in [2.45, 2.75) is 56.3 Å². The summed E-state index contributed by atoms with van der Waals surface area (Å²) < 4.78 is 9.38. The molecule has 0 aromatic heterocycles. The van der Waals surface area contributed by atoms with Crippen LogP contribution in [-0.2, 0) is 14.3 Å². The second-order valence-electron chi connectivity index (χ2n) is 4.55. The molecule has 106 valence electrons. The monoisotopic (exact) mass is 316 g/mol. The lowest BCUT2D eigenvalue weighted by molar-refractivity contribution is -0.174. The number of ether oxygens (including phenoxy) is 2. The molecular formula is C12H19Cl3O3. The van der Waals surface area contributed by atoms with Crippen molar-refractivity contribution in [3.63, 3.8) is 0 Å². The van der Waals surface area contributed by atoms with E-state index in [2.05, 4.69) is 6.92 Å². The second kappa shape index (κ2) is 7.18. The molecule has 1 heterocycles. The molecule has 18 heavy (non-hydrogen) atoms. The largest absolute Gasteiger partial charge is 0.433 e. The quantitative estimate of drug-likeness (QED) is 0.423. The molecule has 1 rings (SSSR count). The number of hydrogen-bond acceptors (Lipinski definition) is 3. The van der Waals surface area contributed by atoms with E-state index in [0.717, 1.165) is 25.7 Å². The van der Waals surface area contributed by atoms with Crippen molar-refractivity contribution in [1.29, 1.82) is 0 Å². The van der Waals surface area contributed by atoms with Crippen LogP contribution in [0.3, 0.4) is 0 Å². The fraction of sp³-hybridized carbons (Fsp3) is 0.917. The number of esters is 1. The zero-order valence-electron chi connectivity index (χ0n) is 10.6. The molecule has 0 aromatic rings. The van der Waals surface area contributed by atoms with Gasteiger partial charge in [0.05, 0.1) is 6.10 Å². The van der Waals surface area contributed by atoms with Crippen molar-refractivity contribution >= 4 is 40.8 Å². The molecule has 3 atom stereocenters. The van der Waals surface area contributed by atoms with Gasteiger partial charge >= 0.3 is 5.97 Å². The van der Waals surface area contributed by atoms with Crippen LogP contribution in [0.1, 0.15) is 39.5 Å². The van der Waals surface area contributed by atoms with Crippen molar-refractivity contribution < 1.29 is 14.3 Å². The van der Waals surface area contributed by atoms with Crippen LogP contribution in [0.15, 0.2) is 0 Å². The molecule has 0 spiro atoms. The molecule has 0 bridgehead atoms. The van der Waals surface area contributed by atoms with Crippen LogP contribution >= 0.6 is 34.8 Å². The van der Waals surface area contributed by atoms with E-state index < -0.39 is 16.6 Å². The first-order chi connectivity index (χ1) is 8.43. The molecule has 0 N–H and O–H groups in total. The number of alkyl halides is 3. The highest BCUT2D eigenvalue weighted by Crippen LogP contribution is 2.47. The Labute approximate surface area is 123 Å². The molecule has 6 heteroatoms. The Morgan fingerprint density at radius 1 is 1.39 bits per heavy atom. The van der Waals surface area contributed by atoms with Gasteiger partial charge in [-0.2, -0.15) is 0 Å². The van der Waals surface area contributed by atoms with E-state index >= 15 is 0 Å². The Kier molecular flexibility index (Phi) is 6.52.